The van der Waals surface area contributed by atoms with E-state index in [2.05, 4.69) is 5.32 Å². The quantitative estimate of drug-likeness (QED) is 0.231. The summed E-state index contributed by atoms with van der Waals surface area (Å²) in [5, 5.41) is 13.4. The van der Waals surface area contributed by atoms with Gasteiger partial charge in [-0.1, -0.05) is 77.3 Å². The Kier molecular flexibility index (Phi) is 7.98. The number of carbonyl (C=O) groups excluding carboxylic acids is 1. The summed E-state index contributed by atoms with van der Waals surface area (Å²) in [4.78, 5) is 24.3. The van der Waals surface area contributed by atoms with Gasteiger partial charge in [-0.2, -0.15) is 0 Å². The number of carboxylic acids is 1. The fourth-order valence-corrected chi connectivity index (χ4v) is 5.11. The van der Waals surface area contributed by atoms with Gasteiger partial charge in [0.25, 0.3) is 5.91 Å². The predicted molar refractivity (Wildman–Crippen MR) is 152 cm³/mol. The highest BCUT2D eigenvalue weighted by Crippen LogP contribution is 2.42. The van der Waals surface area contributed by atoms with Gasteiger partial charge in [-0.25, -0.2) is 0 Å². The number of hydrogen-bond donors (Lipinski definition) is 2. The Morgan fingerprint density at radius 1 is 0.949 bits per heavy atom. The standard InChI is InChI=1S/C30H22Cl3NO5/c31-24-14-23-22(30(36)37)12-13-38-25(23)15-26(24)39-20-9-6-18(7-10-20)29(35)34-16-19-8-11-21(28(33)27(19)32)17-4-2-1-3-5-17/h1-11,14-15,22H,12-13,16H2,(H,34,35)(H,36,37). The van der Waals surface area contributed by atoms with Crippen LogP contribution in [0.2, 0.25) is 15.1 Å². The van der Waals surface area contributed by atoms with Gasteiger partial charge in [0.05, 0.1) is 27.6 Å². The lowest BCUT2D eigenvalue weighted by Crippen LogP contribution is -2.22. The summed E-state index contributed by atoms with van der Waals surface area (Å²) in [6, 6.07) is 23.1. The molecule has 0 saturated heterocycles. The van der Waals surface area contributed by atoms with Crippen molar-refractivity contribution in [1.29, 1.82) is 0 Å². The van der Waals surface area contributed by atoms with E-state index in [0.717, 1.165) is 11.1 Å². The maximum Gasteiger partial charge on any atom is 0.311 e. The number of hydrogen-bond acceptors (Lipinski definition) is 4. The van der Waals surface area contributed by atoms with Crippen LogP contribution < -0.4 is 14.8 Å². The summed E-state index contributed by atoms with van der Waals surface area (Å²) in [6.07, 6.45) is 0.376. The molecule has 4 aromatic rings. The van der Waals surface area contributed by atoms with Crippen LogP contribution in [0.15, 0.2) is 78.9 Å². The Morgan fingerprint density at radius 2 is 1.69 bits per heavy atom. The molecule has 1 heterocycles. The lowest BCUT2D eigenvalue weighted by molar-refractivity contribution is -0.139. The molecule has 2 N–H and O–H groups in total. The smallest absolute Gasteiger partial charge is 0.311 e. The van der Waals surface area contributed by atoms with Gasteiger partial charge in [0.2, 0.25) is 0 Å². The van der Waals surface area contributed by atoms with E-state index in [0.29, 0.717) is 57.0 Å². The van der Waals surface area contributed by atoms with E-state index in [1.54, 1.807) is 36.4 Å². The molecule has 1 unspecified atom stereocenters. The molecule has 0 aliphatic carbocycles. The van der Waals surface area contributed by atoms with E-state index in [9.17, 15) is 14.7 Å². The van der Waals surface area contributed by atoms with Gasteiger partial charge < -0.3 is 19.9 Å². The number of nitrogens with one attached hydrogen (secondary N) is 1. The number of benzene rings is 4. The summed E-state index contributed by atoms with van der Waals surface area (Å²) >= 11 is 19.4. The molecule has 9 heteroatoms. The molecule has 0 spiro atoms. The van der Waals surface area contributed by atoms with Crippen LogP contribution in [0.25, 0.3) is 11.1 Å². The number of carboxylic acid groups (broad SMARTS) is 1. The van der Waals surface area contributed by atoms with Crippen LogP contribution in [0.5, 0.6) is 17.2 Å². The maximum atomic E-state index is 12.8. The summed E-state index contributed by atoms with van der Waals surface area (Å²) in [5.41, 5.74) is 3.42. The zero-order chi connectivity index (χ0) is 27.5. The second-order valence-electron chi connectivity index (χ2n) is 8.92. The lowest BCUT2D eigenvalue weighted by atomic mass is 9.93. The molecular weight excluding hydrogens is 561 g/mol. The first kappa shape index (κ1) is 26.9. The monoisotopic (exact) mass is 581 g/mol. The van der Waals surface area contributed by atoms with Crippen LogP contribution in [0, 0.1) is 0 Å². The van der Waals surface area contributed by atoms with E-state index < -0.39 is 11.9 Å². The summed E-state index contributed by atoms with van der Waals surface area (Å²) < 4.78 is 11.5. The Morgan fingerprint density at radius 3 is 2.41 bits per heavy atom. The third-order valence-electron chi connectivity index (χ3n) is 6.43. The first-order valence-corrected chi connectivity index (χ1v) is 13.2. The fraction of sp³-hybridized carbons (Fsp3) is 0.133. The van der Waals surface area contributed by atoms with Crippen molar-refractivity contribution in [1.82, 2.24) is 5.32 Å². The van der Waals surface area contributed by atoms with E-state index in [1.165, 1.54) is 0 Å². The molecule has 0 radical (unpaired) electrons. The Hall–Kier alpha value is -3.71. The largest absolute Gasteiger partial charge is 0.493 e. The third kappa shape index (κ3) is 5.83. The molecule has 0 aromatic heterocycles. The Bertz CT molecular complexity index is 1540. The van der Waals surface area contributed by atoms with Crippen molar-refractivity contribution in [3.8, 4) is 28.4 Å². The number of carbonyl (C=O) groups is 2. The van der Waals surface area contributed by atoms with Crippen molar-refractivity contribution in [3.05, 3.63) is 111 Å². The number of rotatable bonds is 7. The van der Waals surface area contributed by atoms with Crippen molar-refractivity contribution < 1.29 is 24.2 Å². The number of halogens is 3. The Labute approximate surface area is 240 Å². The average Bonchev–Trinajstić information content (AvgIpc) is 2.94. The molecule has 1 amide bonds. The van der Waals surface area contributed by atoms with Crippen molar-refractivity contribution in [2.75, 3.05) is 6.61 Å². The normalized spacial score (nSPS) is 14.2. The highest BCUT2D eigenvalue weighted by Gasteiger charge is 2.29. The van der Waals surface area contributed by atoms with Gasteiger partial charge in [-0.15, -0.1) is 0 Å². The number of ether oxygens (including phenoxy) is 2. The van der Waals surface area contributed by atoms with Crippen LogP contribution in [0.4, 0.5) is 0 Å². The van der Waals surface area contributed by atoms with Crippen LogP contribution in [-0.2, 0) is 11.3 Å². The molecule has 198 valence electrons. The van der Waals surface area contributed by atoms with Gasteiger partial charge in [-0.3, -0.25) is 9.59 Å². The van der Waals surface area contributed by atoms with Crippen molar-refractivity contribution in [2.24, 2.45) is 0 Å². The number of aliphatic carboxylic acids is 1. The summed E-state index contributed by atoms with van der Waals surface area (Å²) in [7, 11) is 0. The predicted octanol–water partition coefficient (Wildman–Crippen LogP) is 7.99. The molecule has 1 atom stereocenters. The van der Waals surface area contributed by atoms with E-state index >= 15 is 0 Å². The molecule has 0 bridgehead atoms. The highest BCUT2D eigenvalue weighted by atomic mass is 35.5. The van der Waals surface area contributed by atoms with Gasteiger partial charge in [0, 0.05) is 29.3 Å². The first-order chi connectivity index (χ1) is 18.8. The minimum atomic E-state index is -0.923. The third-order valence-corrected chi connectivity index (χ3v) is 7.65. The molecule has 0 fully saturated rings. The number of amides is 1. The molecule has 4 aromatic carbocycles. The van der Waals surface area contributed by atoms with Gasteiger partial charge in [0.1, 0.15) is 17.2 Å². The minimum Gasteiger partial charge on any atom is -0.493 e. The maximum absolute atomic E-state index is 12.8. The van der Waals surface area contributed by atoms with Crippen LogP contribution in [0.3, 0.4) is 0 Å². The van der Waals surface area contributed by atoms with Gasteiger partial charge >= 0.3 is 5.97 Å². The molecular formula is C30H22Cl3NO5. The van der Waals surface area contributed by atoms with Crippen molar-refractivity contribution in [3.63, 3.8) is 0 Å². The summed E-state index contributed by atoms with van der Waals surface area (Å²) in [5.74, 6) is -0.687. The van der Waals surface area contributed by atoms with Crippen molar-refractivity contribution in [2.45, 2.75) is 18.9 Å². The molecule has 5 rings (SSSR count). The van der Waals surface area contributed by atoms with Crippen LogP contribution >= 0.6 is 34.8 Å². The van der Waals surface area contributed by atoms with E-state index in [1.807, 2.05) is 42.5 Å². The molecule has 6 nitrogen and oxygen atoms in total. The zero-order valence-corrected chi connectivity index (χ0v) is 22.7. The molecule has 1 aliphatic heterocycles. The zero-order valence-electron chi connectivity index (χ0n) is 20.4. The summed E-state index contributed by atoms with van der Waals surface area (Å²) in [6.45, 7) is 0.496. The Balaban J connectivity index is 1.24. The topological polar surface area (TPSA) is 84.9 Å². The second kappa shape index (κ2) is 11.6. The van der Waals surface area contributed by atoms with Gasteiger partial charge in [-0.05, 0) is 47.9 Å². The van der Waals surface area contributed by atoms with Crippen LogP contribution in [0.1, 0.15) is 33.8 Å². The van der Waals surface area contributed by atoms with Gasteiger partial charge in [0.15, 0.2) is 0 Å². The highest BCUT2D eigenvalue weighted by molar-refractivity contribution is 6.44. The van der Waals surface area contributed by atoms with Crippen LogP contribution in [-0.4, -0.2) is 23.6 Å². The minimum absolute atomic E-state index is 0.201. The lowest BCUT2D eigenvalue weighted by Gasteiger charge is -2.24. The van der Waals surface area contributed by atoms with E-state index in [-0.39, 0.29) is 17.5 Å². The van der Waals surface area contributed by atoms with Crippen molar-refractivity contribution >= 4 is 46.7 Å². The molecule has 1 aliphatic rings. The molecule has 0 saturated carbocycles. The second-order valence-corrected chi connectivity index (χ2v) is 10.1. The average molecular weight is 583 g/mol. The fourth-order valence-electron chi connectivity index (χ4n) is 4.37. The van der Waals surface area contributed by atoms with E-state index in [4.69, 9.17) is 44.3 Å². The number of fused-ring (bicyclic) bond motifs is 1. The molecule has 39 heavy (non-hydrogen) atoms. The first-order valence-electron chi connectivity index (χ1n) is 12.1. The SMILES string of the molecule is O=C(NCc1ccc(-c2ccccc2)c(Cl)c1Cl)c1ccc(Oc2cc3c(cc2Cl)C(C(=O)O)CCO3)cc1.